The van der Waals surface area contributed by atoms with Gasteiger partial charge in [0.05, 0.1) is 74.9 Å². The zero-order valence-corrected chi connectivity index (χ0v) is 57.2. The molecular formula is C65H87N23O14. The van der Waals surface area contributed by atoms with Crippen LogP contribution in [0.3, 0.4) is 0 Å². The van der Waals surface area contributed by atoms with Gasteiger partial charge in [0, 0.05) is 131 Å². The molecule has 37 nitrogen and oxygen atoms in total. The first-order valence-electron chi connectivity index (χ1n) is 32.7. The third-order valence-electron chi connectivity index (χ3n) is 17.1. The lowest BCUT2D eigenvalue weighted by Crippen LogP contribution is -2.68. The second kappa shape index (κ2) is 38.0. The predicted octanol–water partition coefficient (Wildman–Crippen LogP) is -5.63. The van der Waals surface area contributed by atoms with Crippen molar-refractivity contribution in [3.63, 3.8) is 0 Å². The Kier molecular flexibility index (Phi) is 29.2. The van der Waals surface area contributed by atoms with Crippen LogP contribution in [0.5, 0.6) is 0 Å². The molecular weight excluding hydrogens is 1330 g/mol. The third-order valence-corrected chi connectivity index (χ3v) is 17.1. The number of carbonyl (C=O) groups is 14. The molecule has 17 N–H and O–H groups in total. The Morgan fingerprint density at radius 2 is 0.824 bits per heavy atom. The second-order valence-electron chi connectivity index (χ2n) is 24.7. The van der Waals surface area contributed by atoms with E-state index in [-0.39, 0.29) is 115 Å². The molecule has 0 radical (unpaired) electrons. The van der Waals surface area contributed by atoms with Crippen molar-refractivity contribution in [3.8, 4) is 0 Å². The molecule has 0 spiro atoms. The van der Waals surface area contributed by atoms with Gasteiger partial charge in [-0.3, -0.25) is 67.1 Å². The Bertz CT molecular complexity index is 3760. The number of H-pyrrole nitrogens is 5. The smallest absolute Gasteiger partial charge is 0.243 e. The van der Waals surface area contributed by atoms with E-state index in [1.165, 1.54) is 70.3 Å². The number of nitrogens with zero attached hydrogens (tertiary/aromatic N) is 8. The number of imidazole rings is 5. The summed E-state index contributed by atoms with van der Waals surface area (Å²) in [5.41, 5.74) is 18.7. The minimum absolute atomic E-state index is 0.0270. The number of benzene rings is 1. The van der Waals surface area contributed by atoms with Crippen molar-refractivity contribution in [3.05, 3.63) is 127 Å². The fourth-order valence-electron chi connectivity index (χ4n) is 11.3. The maximum absolute atomic E-state index is 12.8. The summed E-state index contributed by atoms with van der Waals surface area (Å²) in [5.74, 6) is -3.85. The van der Waals surface area contributed by atoms with Crippen LogP contribution in [-0.4, -0.2) is 259 Å². The molecule has 37 heteroatoms. The molecule has 11 rings (SSSR count). The minimum Gasteiger partial charge on any atom is -0.348 e. The lowest BCUT2D eigenvalue weighted by atomic mass is 9.99. The van der Waals surface area contributed by atoms with Gasteiger partial charge in [0.1, 0.15) is 36.3 Å². The van der Waals surface area contributed by atoms with Gasteiger partial charge in [0.15, 0.2) is 28.9 Å². The molecule has 0 aliphatic carbocycles. The van der Waals surface area contributed by atoms with Crippen LogP contribution in [0.4, 0.5) is 0 Å². The number of aromatic amines is 5. The van der Waals surface area contributed by atoms with Crippen LogP contribution in [0.2, 0.25) is 0 Å². The molecule has 102 heavy (non-hydrogen) atoms. The van der Waals surface area contributed by atoms with Crippen LogP contribution in [0.15, 0.2) is 93.0 Å². The molecule has 11 atom stereocenters. The van der Waals surface area contributed by atoms with E-state index >= 15 is 0 Å². The Balaban J connectivity index is 0.000000183. The largest absolute Gasteiger partial charge is 0.348 e. The Hall–Kier alpha value is -11.0. The van der Waals surface area contributed by atoms with Crippen molar-refractivity contribution >= 4 is 81.8 Å². The van der Waals surface area contributed by atoms with Gasteiger partial charge >= 0.3 is 0 Å². The monoisotopic (exact) mass is 1410 g/mol. The fourth-order valence-corrected chi connectivity index (χ4v) is 11.3. The van der Waals surface area contributed by atoms with E-state index < -0.39 is 72.5 Å². The number of carbonyl (C=O) groups excluding carboxylic acids is 14. The highest BCUT2D eigenvalue weighted by molar-refractivity contribution is 6.40. The predicted molar refractivity (Wildman–Crippen MR) is 360 cm³/mol. The zero-order chi connectivity index (χ0) is 74.2. The van der Waals surface area contributed by atoms with Gasteiger partial charge in [-0.05, 0) is 46.6 Å². The van der Waals surface area contributed by atoms with E-state index in [1.54, 1.807) is 48.6 Å². The maximum Gasteiger partial charge on any atom is 0.243 e. The average molecular weight is 1410 g/mol. The number of Topliss-reactive ketones (excluding diaryl/α,β-unsaturated/α-hetero) is 7. The Morgan fingerprint density at radius 3 is 1.20 bits per heavy atom. The summed E-state index contributed by atoms with van der Waals surface area (Å²) in [4.78, 5) is 203. The van der Waals surface area contributed by atoms with Gasteiger partial charge < -0.3 is 83.4 Å². The Morgan fingerprint density at radius 1 is 0.451 bits per heavy atom. The van der Waals surface area contributed by atoms with Crippen LogP contribution < -0.4 is 54.1 Å². The van der Waals surface area contributed by atoms with E-state index in [1.807, 2.05) is 30.3 Å². The van der Waals surface area contributed by atoms with Crippen molar-refractivity contribution in [1.29, 1.82) is 0 Å². The summed E-state index contributed by atoms with van der Waals surface area (Å²) in [6.45, 7) is 9.41. The number of rotatable bonds is 23. The number of nitrogens with one attached hydrogen (secondary N) is 13. The molecule has 7 amide bonds. The molecule has 5 aliphatic rings. The molecule has 5 aliphatic heterocycles. The normalized spacial score (nSPS) is 22.7. The van der Waals surface area contributed by atoms with Crippen LogP contribution in [0.1, 0.15) is 75.6 Å². The third kappa shape index (κ3) is 22.8. The molecule has 5 saturated heterocycles. The first kappa shape index (κ1) is 78.3. The maximum atomic E-state index is 12.8. The lowest BCUT2D eigenvalue weighted by molar-refractivity contribution is -0.145. The van der Waals surface area contributed by atoms with Gasteiger partial charge in [-0.1, -0.05) is 30.3 Å². The molecule has 5 fully saturated rings. The van der Waals surface area contributed by atoms with E-state index in [2.05, 4.69) is 92.5 Å². The van der Waals surface area contributed by atoms with Gasteiger partial charge in [-0.25, -0.2) is 35.4 Å². The number of hydrogen-bond acceptors (Lipinski definition) is 25. The van der Waals surface area contributed by atoms with Crippen LogP contribution in [-0.2, 0) is 106 Å². The number of piperazine rings is 5. The van der Waals surface area contributed by atoms with Crippen molar-refractivity contribution < 1.29 is 67.1 Å². The van der Waals surface area contributed by atoms with E-state index in [0.29, 0.717) is 50.9 Å². The van der Waals surface area contributed by atoms with Gasteiger partial charge in [0.2, 0.25) is 52.9 Å². The van der Waals surface area contributed by atoms with Crippen molar-refractivity contribution in [1.82, 2.24) is 107 Å². The summed E-state index contributed by atoms with van der Waals surface area (Å²) in [7, 11) is 0. The summed E-state index contributed by atoms with van der Waals surface area (Å²) in [6.07, 6.45) is 18.1. The summed E-state index contributed by atoms with van der Waals surface area (Å²) in [6, 6.07) is 3.10. The molecule has 1 aromatic carbocycles. The van der Waals surface area contributed by atoms with Crippen LogP contribution >= 0.6 is 0 Å². The van der Waals surface area contributed by atoms with Gasteiger partial charge in [-0.2, -0.15) is 0 Å². The first-order chi connectivity index (χ1) is 48.7. The second-order valence-corrected chi connectivity index (χ2v) is 24.7. The zero-order valence-electron chi connectivity index (χ0n) is 57.2. The summed E-state index contributed by atoms with van der Waals surface area (Å²) < 4.78 is 0. The van der Waals surface area contributed by atoms with E-state index in [9.17, 15) is 67.1 Å². The number of hydrogen-bond donors (Lipinski definition) is 15. The first-order valence-corrected chi connectivity index (χ1v) is 32.7. The molecule has 10 heterocycles. The highest BCUT2D eigenvalue weighted by atomic mass is 16.2. The summed E-state index contributed by atoms with van der Waals surface area (Å²) in [5, 5.41) is 21.1. The van der Waals surface area contributed by atoms with Gasteiger partial charge in [0.25, 0.3) is 0 Å². The number of aromatic nitrogens is 10. The molecule has 0 saturated carbocycles. The topological polar surface area (TPSA) is 540 Å². The van der Waals surface area contributed by atoms with E-state index in [4.69, 9.17) is 11.5 Å². The number of ketones is 7. The van der Waals surface area contributed by atoms with Crippen molar-refractivity contribution in [2.24, 2.45) is 11.5 Å². The number of nitrogens with two attached hydrogens (primary N) is 2. The standard InChI is InChI=1S/C21H26N6O4.C12H17N5O3.C12H16N4O3.2C10H14N4O2/c1-13(28)17-11-27(18(21(31)25-17)7-14-5-3-2-4-6-14)26-16(20(30)19(29)9-22)8-15-10-23-12-24-15;1-7(18)9-5-17(11(19)3-13)10(12(20)16-9)2-8-4-14-6-15-8;1-7(17)10-5-16(8(2)18)11(12(19)15-10)3-9-4-13-6-14-9;2*1-6(15)9-4-12-8(10(16)14-9)2-7-3-11-5-13-7/h2-6,10,12,16-18,26H,7-9,11,22H2,1H3,(H,23,24)(H,25,31);4,6,9-10H,2-3,5,13H2,1H3,(H,14,15)(H,16,20);4,6,10-11H,3,5H2,1-2H3,(H,13,14)(H,15,19);2*3,5,8-9,12H,2,4H2,1H3,(H,11,13)(H,14,16)/t16-,17?,18?;;;;/m0..../s1. The van der Waals surface area contributed by atoms with Crippen LogP contribution in [0.25, 0.3) is 0 Å². The van der Waals surface area contributed by atoms with Crippen molar-refractivity contribution in [2.75, 3.05) is 45.8 Å². The van der Waals surface area contributed by atoms with E-state index in [0.717, 1.165) is 28.3 Å². The molecule has 546 valence electrons. The van der Waals surface area contributed by atoms with Crippen LogP contribution in [0, 0.1) is 0 Å². The average Bonchev–Trinajstić information content (AvgIpc) is 0.888. The summed E-state index contributed by atoms with van der Waals surface area (Å²) >= 11 is 0. The quantitative estimate of drug-likeness (QED) is 0.0266. The highest BCUT2D eigenvalue weighted by Gasteiger charge is 2.42. The molecule has 10 unspecified atom stereocenters. The Labute approximate surface area is 585 Å². The van der Waals surface area contributed by atoms with Gasteiger partial charge in [-0.15, -0.1) is 0 Å². The number of hydrazine groups is 1. The number of amides is 7. The highest BCUT2D eigenvalue weighted by Crippen LogP contribution is 2.18. The fraction of sp³-hybridized carbons (Fsp3) is 0.462. The molecule has 0 bridgehead atoms. The molecule has 6 aromatic rings. The SMILES string of the molecule is CC(=O)C1CN(C(=O)CN)C(Cc2cnc[nH]2)C(=O)N1.CC(=O)C1CN(C(C)=O)C(Cc2cnc[nH]2)C(=O)N1.CC(=O)C1CN(N[C@@H](Cc2cnc[nH]2)C(=O)C(=O)CN)C(Cc2ccccc2)C(=O)N1.CC(=O)C1CNC(Cc2cnc[nH]2)C(=O)N1.CC(=O)C1CNC(Cc2cnc[nH]2)C(=O)N1. The van der Waals surface area contributed by atoms with Crippen molar-refractivity contribution in [2.45, 2.75) is 147 Å². The molecule has 5 aromatic heterocycles. The minimum atomic E-state index is -0.965. The lowest BCUT2D eigenvalue weighted by Gasteiger charge is -2.40.